The Kier molecular flexibility index (Phi) is 7.70. The van der Waals surface area contributed by atoms with Crippen LogP contribution in [0.25, 0.3) is 0 Å². The van der Waals surface area contributed by atoms with Crippen LogP contribution in [0.1, 0.15) is 86.0 Å². The van der Waals surface area contributed by atoms with Crippen LogP contribution < -0.4 is 16.0 Å². The van der Waals surface area contributed by atoms with Gasteiger partial charge in [0.25, 0.3) is 0 Å². The Morgan fingerprint density at radius 1 is 0.923 bits per heavy atom. The summed E-state index contributed by atoms with van der Waals surface area (Å²) in [6.07, 6.45) is 8.74. The summed E-state index contributed by atoms with van der Waals surface area (Å²) < 4.78 is 0. The summed E-state index contributed by atoms with van der Waals surface area (Å²) >= 11 is 0. The molecule has 0 amide bonds. The van der Waals surface area contributed by atoms with Crippen molar-refractivity contribution in [3.8, 4) is 0 Å². The number of hydrogen-bond donors (Lipinski definition) is 3. The van der Waals surface area contributed by atoms with Gasteiger partial charge in [-0.15, -0.1) is 0 Å². The normalized spacial score (nSPS) is 26.5. The lowest BCUT2D eigenvalue weighted by Crippen LogP contribution is -2.44. The van der Waals surface area contributed by atoms with Gasteiger partial charge in [0.15, 0.2) is 0 Å². The van der Waals surface area contributed by atoms with Gasteiger partial charge < -0.3 is 16.0 Å². The highest BCUT2D eigenvalue weighted by molar-refractivity contribution is 5.88. The molecule has 2 fully saturated rings. The van der Waals surface area contributed by atoms with Crippen molar-refractivity contribution in [2.45, 2.75) is 92.0 Å². The van der Waals surface area contributed by atoms with Crippen molar-refractivity contribution in [2.24, 2.45) is 16.2 Å². The van der Waals surface area contributed by atoms with Crippen molar-refractivity contribution in [1.29, 1.82) is 0 Å². The quantitative estimate of drug-likeness (QED) is 0.406. The number of rotatable bonds is 10. The monoisotopic (exact) mass is 365 g/mol. The molecule has 2 saturated carbocycles. The summed E-state index contributed by atoms with van der Waals surface area (Å²) in [5, 5.41) is 10.5. The van der Waals surface area contributed by atoms with Crippen LogP contribution in [0.5, 0.6) is 0 Å². The molecule has 4 nitrogen and oxygen atoms in total. The third-order valence-electron chi connectivity index (χ3n) is 6.15. The fraction of sp³-hybridized carbons (Fsp3) is 0.955. The molecular weight excluding hydrogens is 322 g/mol. The highest BCUT2D eigenvalue weighted by atomic mass is 16.1. The van der Waals surface area contributed by atoms with Gasteiger partial charge in [0, 0.05) is 24.5 Å². The van der Waals surface area contributed by atoms with Crippen LogP contribution in [-0.2, 0) is 4.79 Å². The lowest BCUT2D eigenvalue weighted by Gasteiger charge is -2.50. The number of unbranched alkanes of at least 4 members (excludes halogenated alkanes) is 1. The first-order chi connectivity index (χ1) is 12.2. The first kappa shape index (κ1) is 21.8. The Bertz CT molecular complexity index is 442. The van der Waals surface area contributed by atoms with Crippen LogP contribution in [0.4, 0.5) is 0 Å². The molecule has 1 atom stereocenters. The van der Waals surface area contributed by atoms with Crippen molar-refractivity contribution >= 4 is 5.78 Å². The number of nitrogens with one attached hydrogen (secondary N) is 3. The van der Waals surface area contributed by atoms with Crippen LogP contribution in [0.2, 0.25) is 0 Å². The van der Waals surface area contributed by atoms with Gasteiger partial charge in [-0.1, -0.05) is 34.6 Å². The second kappa shape index (κ2) is 9.16. The molecule has 2 rings (SSSR count). The summed E-state index contributed by atoms with van der Waals surface area (Å²) in [6.45, 7) is 15.7. The standard InChI is InChI=1S/C22H43N3O/c1-6-9-23-10-7-8-11-24-17-25-18-12-19(26)22(13-18)15-20(2,3)14-21(4,5)16-22/h18,23-25H,6-17H2,1-5H3. The lowest BCUT2D eigenvalue weighted by molar-refractivity contribution is -0.133. The van der Waals surface area contributed by atoms with E-state index < -0.39 is 0 Å². The van der Waals surface area contributed by atoms with Gasteiger partial charge >= 0.3 is 0 Å². The highest BCUT2D eigenvalue weighted by Crippen LogP contribution is 2.58. The van der Waals surface area contributed by atoms with Crippen molar-refractivity contribution in [3.63, 3.8) is 0 Å². The third kappa shape index (κ3) is 6.31. The minimum Gasteiger partial charge on any atom is -0.317 e. The van der Waals surface area contributed by atoms with Gasteiger partial charge in [-0.05, 0) is 75.4 Å². The number of hydrogen-bond acceptors (Lipinski definition) is 4. The van der Waals surface area contributed by atoms with Gasteiger partial charge in [-0.25, -0.2) is 0 Å². The van der Waals surface area contributed by atoms with E-state index >= 15 is 0 Å². The van der Waals surface area contributed by atoms with Crippen molar-refractivity contribution in [2.75, 3.05) is 26.3 Å². The Morgan fingerprint density at radius 2 is 1.54 bits per heavy atom. The molecule has 0 radical (unpaired) electrons. The molecule has 152 valence electrons. The molecule has 4 heteroatoms. The van der Waals surface area contributed by atoms with E-state index in [0.717, 1.165) is 52.0 Å². The van der Waals surface area contributed by atoms with Crippen LogP contribution in [0.15, 0.2) is 0 Å². The van der Waals surface area contributed by atoms with Gasteiger partial charge in [0.05, 0.1) is 0 Å². The van der Waals surface area contributed by atoms with Crippen molar-refractivity contribution in [3.05, 3.63) is 0 Å². The maximum atomic E-state index is 12.9. The highest BCUT2D eigenvalue weighted by Gasteiger charge is 2.54. The average molecular weight is 366 g/mol. The SMILES string of the molecule is CCCNCCCCNCNC1CC(=O)C2(C1)CC(C)(C)CC(C)(C)C2. The Balaban J connectivity index is 1.69. The van der Waals surface area contributed by atoms with Gasteiger partial charge in [0.2, 0.25) is 0 Å². The molecule has 0 aromatic heterocycles. The van der Waals surface area contributed by atoms with E-state index in [2.05, 4.69) is 50.6 Å². The predicted molar refractivity (Wildman–Crippen MR) is 110 cm³/mol. The van der Waals surface area contributed by atoms with Gasteiger partial charge in [0.1, 0.15) is 5.78 Å². The Labute approximate surface area is 161 Å². The molecule has 0 heterocycles. The number of Topliss-reactive ketones (excluding diaryl/α,β-unsaturated/α-hetero) is 1. The molecule has 2 aliphatic carbocycles. The summed E-state index contributed by atoms with van der Waals surface area (Å²) in [5.41, 5.74) is 0.473. The van der Waals surface area contributed by atoms with Gasteiger partial charge in [-0.2, -0.15) is 0 Å². The zero-order chi connectivity index (χ0) is 19.3. The average Bonchev–Trinajstić information content (AvgIpc) is 2.77. The zero-order valence-electron chi connectivity index (χ0n) is 18.0. The molecular formula is C22H43N3O. The number of carbonyl (C=O) groups excluding carboxylic acids is 1. The molecule has 2 aliphatic rings. The first-order valence-corrected chi connectivity index (χ1v) is 10.9. The third-order valence-corrected chi connectivity index (χ3v) is 6.15. The number of carbonyl (C=O) groups is 1. The molecule has 1 unspecified atom stereocenters. The molecule has 0 saturated heterocycles. The van der Waals surface area contributed by atoms with E-state index in [9.17, 15) is 4.79 Å². The summed E-state index contributed by atoms with van der Waals surface area (Å²) in [4.78, 5) is 12.9. The topological polar surface area (TPSA) is 53.2 Å². The lowest BCUT2D eigenvalue weighted by atomic mass is 9.54. The molecule has 26 heavy (non-hydrogen) atoms. The minimum atomic E-state index is -0.0755. The summed E-state index contributed by atoms with van der Waals surface area (Å²) in [6, 6.07) is 0.353. The largest absolute Gasteiger partial charge is 0.317 e. The minimum absolute atomic E-state index is 0.0755. The molecule has 3 N–H and O–H groups in total. The fourth-order valence-corrected chi connectivity index (χ4v) is 6.01. The van der Waals surface area contributed by atoms with E-state index in [1.807, 2.05) is 0 Å². The van der Waals surface area contributed by atoms with E-state index in [4.69, 9.17) is 0 Å². The van der Waals surface area contributed by atoms with E-state index in [1.165, 1.54) is 25.7 Å². The molecule has 0 aliphatic heterocycles. The van der Waals surface area contributed by atoms with Crippen LogP contribution >= 0.6 is 0 Å². The predicted octanol–water partition coefficient (Wildman–Crippen LogP) is 3.86. The second-order valence-corrected chi connectivity index (χ2v) is 10.5. The zero-order valence-corrected chi connectivity index (χ0v) is 18.0. The number of ketones is 1. The van der Waals surface area contributed by atoms with Crippen LogP contribution in [0, 0.1) is 16.2 Å². The van der Waals surface area contributed by atoms with E-state index in [0.29, 0.717) is 11.8 Å². The molecule has 0 aromatic carbocycles. The molecule has 0 bridgehead atoms. The molecule has 1 spiro atoms. The second-order valence-electron chi connectivity index (χ2n) is 10.5. The Hall–Kier alpha value is -0.450. The van der Waals surface area contributed by atoms with Crippen molar-refractivity contribution in [1.82, 2.24) is 16.0 Å². The first-order valence-electron chi connectivity index (χ1n) is 10.9. The maximum Gasteiger partial charge on any atom is 0.140 e. The van der Waals surface area contributed by atoms with E-state index in [-0.39, 0.29) is 16.2 Å². The van der Waals surface area contributed by atoms with Crippen molar-refractivity contribution < 1.29 is 4.79 Å². The Morgan fingerprint density at radius 3 is 2.15 bits per heavy atom. The smallest absolute Gasteiger partial charge is 0.140 e. The van der Waals surface area contributed by atoms with Crippen LogP contribution in [0.3, 0.4) is 0 Å². The summed E-state index contributed by atoms with van der Waals surface area (Å²) in [7, 11) is 0. The molecule has 0 aromatic rings. The van der Waals surface area contributed by atoms with E-state index in [1.54, 1.807) is 0 Å². The van der Waals surface area contributed by atoms with Crippen LogP contribution in [-0.4, -0.2) is 38.1 Å². The van der Waals surface area contributed by atoms with Gasteiger partial charge in [-0.3, -0.25) is 4.79 Å². The summed E-state index contributed by atoms with van der Waals surface area (Å²) in [5.74, 6) is 0.512. The fourth-order valence-electron chi connectivity index (χ4n) is 6.01. The maximum absolute atomic E-state index is 12.9.